The summed E-state index contributed by atoms with van der Waals surface area (Å²) >= 11 is 0. The molecule has 124 valence electrons. The third-order valence-corrected chi connectivity index (χ3v) is 4.60. The summed E-state index contributed by atoms with van der Waals surface area (Å²) < 4.78 is 5.70. The Labute approximate surface area is 138 Å². The molecule has 0 N–H and O–H groups in total. The van der Waals surface area contributed by atoms with Crippen LogP contribution in [0.15, 0.2) is 43.0 Å². The minimum absolute atomic E-state index is 0.115. The van der Waals surface area contributed by atoms with Gasteiger partial charge in [0.2, 0.25) is 0 Å². The van der Waals surface area contributed by atoms with Gasteiger partial charge in [-0.1, -0.05) is 38.1 Å². The highest BCUT2D eigenvalue weighted by atomic mass is 16.5. The van der Waals surface area contributed by atoms with Gasteiger partial charge in [0.05, 0.1) is 11.5 Å². The highest BCUT2D eigenvalue weighted by Crippen LogP contribution is 2.41. The van der Waals surface area contributed by atoms with Gasteiger partial charge in [0, 0.05) is 6.42 Å². The monoisotopic (exact) mass is 314 g/mol. The van der Waals surface area contributed by atoms with Crippen molar-refractivity contribution in [1.29, 1.82) is 0 Å². The van der Waals surface area contributed by atoms with Crippen molar-refractivity contribution in [2.75, 3.05) is 0 Å². The second-order valence-electron chi connectivity index (χ2n) is 7.12. The second kappa shape index (κ2) is 7.58. The number of allylic oxidation sites excluding steroid dienone is 1. The summed E-state index contributed by atoms with van der Waals surface area (Å²) in [6.07, 6.45) is 5.08. The quantitative estimate of drug-likeness (QED) is 0.570. The van der Waals surface area contributed by atoms with Crippen LogP contribution in [0, 0.1) is 11.3 Å². The molecule has 1 aliphatic carbocycles. The molecule has 0 radical (unpaired) electrons. The van der Waals surface area contributed by atoms with E-state index in [1.807, 2.05) is 18.2 Å². The van der Waals surface area contributed by atoms with Gasteiger partial charge >= 0.3 is 5.97 Å². The van der Waals surface area contributed by atoms with E-state index in [9.17, 15) is 9.59 Å². The Bertz CT molecular complexity index is 560. The van der Waals surface area contributed by atoms with Crippen molar-refractivity contribution >= 4 is 11.8 Å². The molecule has 0 amide bonds. The number of hydrogen-bond acceptors (Lipinski definition) is 3. The van der Waals surface area contributed by atoms with Gasteiger partial charge in [-0.2, -0.15) is 0 Å². The topological polar surface area (TPSA) is 43.4 Å². The number of carbonyl (C=O) groups excluding carboxylic acids is 2. The number of ether oxygens (including phenoxy) is 1. The average Bonchev–Trinajstić information content (AvgIpc) is 2.54. The predicted octanol–water partition coefficient (Wildman–Crippen LogP) is 4.57. The van der Waals surface area contributed by atoms with Gasteiger partial charge in [-0.25, -0.2) is 4.79 Å². The van der Waals surface area contributed by atoms with Crippen LogP contribution in [-0.4, -0.2) is 17.9 Å². The molecular formula is C20H26O3. The van der Waals surface area contributed by atoms with Crippen molar-refractivity contribution in [3.63, 3.8) is 0 Å². The number of Topliss-reactive ketones (excluding diaryl/α,β-unsaturated/α-hetero) is 1. The molecule has 0 heterocycles. The predicted molar refractivity (Wildman–Crippen MR) is 91.2 cm³/mol. The van der Waals surface area contributed by atoms with Crippen LogP contribution in [0.4, 0.5) is 0 Å². The third kappa shape index (κ3) is 4.78. The summed E-state index contributed by atoms with van der Waals surface area (Å²) in [4.78, 5) is 24.8. The van der Waals surface area contributed by atoms with Gasteiger partial charge in [-0.05, 0) is 43.2 Å². The normalized spacial score (nSPS) is 23.0. The molecule has 23 heavy (non-hydrogen) atoms. The molecule has 0 spiro atoms. The summed E-state index contributed by atoms with van der Waals surface area (Å²) in [5, 5.41) is 0. The first-order chi connectivity index (χ1) is 10.9. The standard InChI is InChI=1S/C20H26O3/c1-4-5-11-17(21)16-14-20(2,3)13-12-18(16)23-19(22)15-9-7-6-8-10-15/h4,6-10,16,18H,1,5,11-14H2,2-3H3. The SMILES string of the molecule is C=CCCC(=O)C1CC(C)(C)CCC1OC(=O)c1ccccc1. The average molecular weight is 314 g/mol. The number of carbonyl (C=O) groups is 2. The minimum atomic E-state index is -0.336. The fourth-order valence-electron chi connectivity index (χ4n) is 3.23. The van der Waals surface area contributed by atoms with Gasteiger partial charge in [-0.3, -0.25) is 4.79 Å². The molecule has 1 aromatic rings. The zero-order valence-electron chi connectivity index (χ0n) is 14.1. The molecule has 1 saturated carbocycles. The maximum Gasteiger partial charge on any atom is 0.338 e. The summed E-state index contributed by atoms with van der Waals surface area (Å²) in [5.74, 6) is -0.355. The van der Waals surface area contributed by atoms with Gasteiger partial charge in [0.15, 0.2) is 0 Å². The zero-order valence-corrected chi connectivity index (χ0v) is 14.1. The second-order valence-corrected chi connectivity index (χ2v) is 7.12. The fourth-order valence-corrected chi connectivity index (χ4v) is 3.23. The lowest BCUT2D eigenvalue weighted by Crippen LogP contribution is -2.40. The summed E-state index contributed by atoms with van der Waals surface area (Å²) in [5.41, 5.74) is 0.652. The molecule has 0 aromatic heterocycles. The number of hydrogen-bond donors (Lipinski definition) is 0. The summed E-state index contributed by atoms with van der Waals surface area (Å²) in [6, 6.07) is 8.97. The number of ketones is 1. The lowest BCUT2D eigenvalue weighted by Gasteiger charge is -2.39. The molecule has 2 atom stereocenters. The molecule has 0 saturated heterocycles. The Morgan fingerprint density at radius 1 is 1.30 bits per heavy atom. The molecule has 1 fully saturated rings. The van der Waals surface area contributed by atoms with Crippen LogP contribution in [0.5, 0.6) is 0 Å². The molecular weight excluding hydrogens is 288 g/mol. The van der Waals surface area contributed by atoms with Crippen LogP contribution in [0.3, 0.4) is 0 Å². The molecule has 1 aromatic carbocycles. The van der Waals surface area contributed by atoms with Crippen molar-refractivity contribution in [1.82, 2.24) is 0 Å². The molecule has 2 unspecified atom stereocenters. The van der Waals surface area contributed by atoms with Crippen molar-refractivity contribution in [2.45, 2.75) is 52.1 Å². The lowest BCUT2D eigenvalue weighted by atomic mass is 9.69. The Hall–Kier alpha value is -1.90. The van der Waals surface area contributed by atoms with Gasteiger partial charge in [0.25, 0.3) is 0 Å². The Morgan fingerprint density at radius 2 is 2.00 bits per heavy atom. The van der Waals surface area contributed by atoms with Crippen LogP contribution < -0.4 is 0 Å². The van der Waals surface area contributed by atoms with Crippen molar-refractivity contribution in [3.05, 3.63) is 48.6 Å². The summed E-state index contributed by atoms with van der Waals surface area (Å²) in [7, 11) is 0. The Balaban J connectivity index is 2.09. The highest BCUT2D eigenvalue weighted by Gasteiger charge is 2.40. The van der Waals surface area contributed by atoms with Crippen molar-refractivity contribution < 1.29 is 14.3 Å². The maximum atomic E-state index is 12.5. The Morgan fingerprint density at radius 3 is 2.65 bits per heavy atom. The maximum absolute atomic E-state index is 12.5. The van der Waals surface area contributed by atoms with Crippen molar-refractivity contribution in [3.8, 4) is 0 Å². The van der Waals surface area contributed by atoms with E-state index in [2.05, 4.69) is 20.4 Å². The number of rotatable bonds is 6. The van der Waals surface area contributed by atoms with E-state index >= 15 is 0 Å². The van der Waals surface area contributed by atoms with Gasteiger partial charge < -0.3 is 4.74 Å². The molecule has 1 aliphatic rings. The van der Waals surface area contributed by atoms with Crippen LogP contribution in [0.2, 0.25) is 0 Å². The minimum Gasteiger partial charge on any atom is -0.458 e. The smallest absolute Gasteiger partial charge is 0.338 e. The highest BCUT2D eigenvalue weighted by molar-refractivity contribution is 5.90. The molecule has 3 heteroatoms. The van der Waals surface area contributed by atoms with Crippen LogP contribution in [0.1, 0.15) is 56.3 Å². The van der Waals surface area contributed by atoms with Crippen LogP contribution >= 0.6 is 0 Å². The third-order valence-electron chi connectivity index (χ3n) is 4.60. The first-order valence-corrected chi connectivity index (χ1v) is 8.32. The zero-order chi connectivity index (χ0) is 16.9. The van der Waals surface area contributed by atoms with E-state index < -0.39 is 0 Å². The summed E-state index contributed by atoms with van der Waals surface area (Å²) in [6.45, 7) is 8.03. The van der Waals surface area contributed by atoms with E-state index in [0.717, 1.165) is 19.3 Å². The lowest BCUT2D eigenvalue weighted by molar-refractivity contribution is -0.130. The van der Waals surface area contributed by atoms with E-state index in [1.54, 1.807) is 18.2 Å². The first-order valence-electron chi connectivity index (χ1n) is 8.32. The van der Waals surface area contributed by atoms with Crippen molar-refractivity contribution in [2.24, 2.45) is 11.3 Å². The van der Waals surface area contributed by atoms with Crippen LogP contribution in [0.25, 0.3) is 0 Å². The fraction of sp³-hybridized carbons (Fsp3) is 0.500. The molecule has 0 bridgehead atoms. The van der Waals surface area contributed by atoms with E-state index in [-0.39, 0.29) is 29.2 Å². The number of esters is 1. The van der Waals surface area contributed by atoms with E-state index in [4.69, 9.17) is 4.74 Å². The van der Waals surface area contributed by atoms with E-state index in [1.165, 1.54) is 0 Å². The molecule has 2 rings (SSSR count). The largest absolute Gasteiger partial charge is 0.458 e. The van der Waals surface area contributed by atoms with Gasteiger partial charge in [-0.15, -0.1) is 6.58 Å². The number of benzene rings is 1. The molecule has 0 aliphatic heterocycles. The Kier molecular flexibility index (Phi) is 5.75. The van der Waals surface area contributed by atoms with Gasteiger partial charge in [0.1, 0.15) is 11.9 Å². The van der Waals surface area contributed by atoms with E-state index in [0.29, 0.717) is 18.4 Å². The molecule has 3 nitrogen and oxygen atoms in total. The first kappa shape index (κ1) is 17.5. The van der Waals surface area contributed by atoms with Crippen LogP contribution in [-0.2, 0) is 9.53 Å².